The number of alkyl halides is 3. The number of amides is 1. The van der Waals surface area contributed by atoms with E-state index >= 15 is 0 Å². The Kier molecular flexibility index (Phi) is 6.59. The van der Waals surface area contributed by atoms with Crippen LogP contribution < -0.4 is 19.5 Å². The zero-order valence-corrected chi connectivity index (χ0v) is 20.0. The molecule has 3 rings (SSSR count). The largest absolute Gasteiger partial charge is 0.428 e. The molecule has 0 saturated carbocycles. The third-order valence-electron chi connectivity index (χ3n) is 4.61. The summed E-state index contributed by atoms with van der Waals surface area (Å²) in [7, 11) is 0. The molecule has 0 saturated heterocycles. The lowest BCUT2D eigenvalue weighted by Crippen LogP contribution is -2.64. The number of hydrogen-bond donors (Lipinski definition) is 1. The van der Waals surface area contributed by atoms with Crippen LogP contribution in [0.2, 0.25) is 5.02 Å². The molecule has 1 unspecified atom stereocenters. The van der Waals surface area contributed by atoms with Gasteiger partial charge in [-0.05, 0) is 55.2 Å². The second kappa shape index (κ2) is 8.58. The van der Waals surface area contributed by atoms with Crippen LogP contribution in [-0.2, 0) is 0 Å². The van der Waals surface area contributed by atoms with Crippen molar-refractivity contribution in [2.75, 3.05) is 0 Å². The van der Waals surface area contributed by atoms with Gasteiger partial charge in [0, 0.05) is 16.7 Å². The van der Waals surface area contributed by atoms with E-state index < -0.39 is 15.8 Å². The van der Waals surface area contributed by atoms with Crippen LogP contribution in [-0.4, -0.2) is 21.6 Å². The Morgan fingerprint density at radius 1 is 1.10 bits per heavy atom. The Balaban J connectivity index is 1.90. The molecule has 0 radical (unpaired) electrons. The minimum Gasteiger partial charge on any atom is -0.428 e. The van der Waals surface area contributed by atoms with Crippen LogP contribution in [0.5, 0.6) is 17.2 Å². The summed E-state index contributed by atoms with van der Waals surface area (Å²) in [6, 6.07) is 7.85. The number of aryl methyl sites for hydroxylation is 1. The first kappa shape index (κ1) is 23.8. The summed E-state index contributed by atoms with van der Waals surface area (Å²) >= 11 is 24.2. The normalized spacial score (nSPS) is 17.6. The minimum atomic E-state index is -2.23. The van der Waals surface area contributed by atoms with Gasteiger partial charge in [-0.15, -0.1) is 0 Å². The number of fused-ring (bicyclic) bond motifs is 1. The van der Waals surface area contributed by atoms with Gasteiger partial charge in [-0.2, -0.15) is 0 Å². The lowest BCUT2D eigenvalue weighted by Gasteiger charge is -2.33. The number of Topliss-reactive ketones (excluding diaryl/α,β-unsaturated/α-hetero) is 1. The highest BCUT2D eigenvalue weighted by atomic mass is 35.6. The van der Waals surface area contributed by atoms with E-state index in [2.05, 4.69) is 5.32 Å². The second-order valence-corrected chi connectivity index (χ2v) is 10.1. The van der Waals surface area contributed by atoms with Crippen LogP contribution in [0.25, 0.3) is 0 Å². The van der Waals surface area contributed by atoms with E-state index in [9.17, 15) is 9.59 Å². The zero-order valence-electron chi connectivity index (χ0n) is 17.0. The molecule has 1 amide bonds. The van der Waals surface area contributed by atoms with Crippen LogP contribution in [0.4, 0.5) is 4.79 Å². The van der Waals surface area contributed by atoms with Crippen molar-refractivity contribution in [3.63, 3.8) is 0 Å². The fourth-order valence-corrected chi connectivity index (χ4v) is 3.63. The summed E-state index contributed by atoms with van der Waals surface area (Å²) in [5.41, 5.74) is 1.87. The number of nitrogens with one attached hydrogen (secondary N) is 1. The lowest BCUT2D eigenvalue weighted by atomic mass is 9.95. The van der Waals surface area contributed by atoms with Gasteiger partial charge < -0.3 is 14.2 Å². The maximum absolute atomic E-state index is 12.8. The van der Waals surface area contributed by atoms with Crippen LogP contribution >= 0.6 is 46.4 Å². The molecular weight excluding hydrogens is 488 g/mol. The maximum atomic E-state index is 12.8. The average Bonchev–Trinajstić information content (AvgIpc) is 2.99. The van der Waals surface area contributed by atoms with Crippen molar-refractivity contribution in [3.8, 4) is 17.2 Å². The fraction of sp³-hybridized carbons (Fsp3) is 0.333. The van der Waals surface area contributed by atoms with E-state index in [1.807, 2.05) is 13.8 Å². The molecule has 1 atom stereocenters. The van der Waals surface area contributed by atoms with Crippen molar-refractivity contribution in [1.82, 2.24) is 5.32 Å². The van der Waals surface area contributed by atoms with Gasteiger partial charge in [0.15, 0.2) is 17.3 Å². The first-order valence-corrected chi connectivity index (χ1v) is 10.7. The number of hydrogen-bond acceptors (Lipinski definition) is 5. The summed E-state index contributed by atoms with van der Waals surface area (Å²) in [5, 5.41) is 2.73. The van der Waals surface area contributed by atoms with Crippen molar-refractivity contribution < 1.29 is 23.8 Å². The highest BCUT2D eigenvalue weighted by Gasteiger charge is 2.60. The van der Waals surface area contributed by atoms with Crippen molar-refractivity contribution >= 4 is 58.3 Å². The molecule has 31 heavy (non-hydrogen) atoms. The number of benzene rings is 2. The van der Waals surface area contributed by atoms with Crippen LogP contribution in [0.3, 0.4) is 0 Å². The van der Waals surface area contributed by atoms with E-state index in [0.29, 0.717) is 21.7 Å². The fourth-order valence-electron chi connectivity index (χ4n) is 3.09. The molecule has 2 aromatic rings. The van der Waals surface area contributed by atoms with E-state index in [0.717, 1.165) is 0 Å². The third kappa shape index (κ3) is 4.82. The van der Waals surface area contributed by atoms with Crippen molar-refractivity contribution in [3.05, 3.63) is 52.0 Å². The highest BCUT2D eigenvalue weighted by Crippen LogP contribution is 2.49. The number of ketones is 1. The van der Waals surface area contributed by atoms with Gasteiger partial charge in [0.2, 0.25) is 0 Å². The number of ether oxygens (including phenoxy) is 3. The molecule has 2 aromatic carbocycles. The topological polar surface area (TPSA) is 73.9 Å². The van der Waals surface area contributed by atoms with Gasteiger partial charge in [0.05, 0.1) is 0 Å². The molecule has 1 aliphatic heterocycles. The van der Waals surface area contributed by atoms with Crippen molar-refractivity contribution in [2.45, 2.75) is 43.3 Å². The molecule has 1 aliphatic rings. The van der Waals surface area contributed by atoms with Gasteiger partial charge >= 0.3 is 12.0 Å². The van der Waals surface area contributed by atoms with Gasteiger partial charge in [-0.25, -0.2) is 10.1 Å². The molecule has 0 aliphatic carbocycles. The monoisotopic (exact) mass is 505 g/mol. The first-order chi connectivity index (χ1) is 14.3. The molecule has 0 aromatic heterocycles. The standard InChI is InChI=1S/C21H19Cl4NO5/c1-10(2)14-9-15(12(4)27)11(3)7-17(14)29-19(28)26-21(20(23,24)25)30-16-6-5-13(22)8-18(16)31-21/h5-10H,1-4H3,(H,26,28). The summed E-state index contributed by atoms with van der Waals surface area (Å²) < 4.78 is 14.6. The summed E-state index contributed by atoms with van der Waals surface area (Å²) in [6.45, 7) is 7.04. The minimum absolute atomic E-state index is 0.0333. The average molecular weight is 507 g/mol. The maximum Gasteiger partial charge on any atom is 0.418 e. The Labute approximate surface area is 199 Å². The summed E-state index contributed by atoms with van der Waals surface area (Å²) in [4.78, 5) is 24.7. The Morgan fingerprint density at radius 3 is 2.32 bits per heavy atom. The molecule has 0 fully saturated rings. The molecule has 10 heteroatoms. The lowest BCUT2D eigenvalue weighted by molar-refractivity contribution is -0.0964. The van der Waals surface area contributed by atoms with E-state index in [1.165, 1.54) is 19.1 Å². The van der Waals surface area contributed by atoms with E-state index in [1.54, 1.807) is 25.1 Å². The number of halogens is 4. The Morgan fingerprint density at radius 2 is 1.74 bits per heavy atom. The first-order valence-electron chi connectivity index (χ1n) is 9.23. The number of rotatable bonds is 4. The van der Waals surface area contributed by atoms with Gasteiger partial charge in [-0.3, -0.25) is 4.79 Å². The van der Waals surface area contributed by atoms with Crippen molar-refractivity contribution in [2.24, 2.45) is 0 Å². The Hall–Kier alpha value is -1.86. The summed E-state index contributed by atoms with van der Waals surface area (Å²) in [6.07, 6.45) is -0.984. The van der Waals surface area contributed by atoms with Gasteiger partial charge in [0.25, 0.3) is 3.79 Å². The second-order valence-electron chi connectivity index (χ2n) is 7.34. The smallest absolute Gasteiger partial charge is 0.418 e. The highest BCUT2D eigenvalue weighted by molar-refractivity contribution is 6.68. The quantitative estimate of drug-likeness (QED) is 0.375. The van der Waals surface area contributed by atoms with E-state index in [-0.39, 0.29) is 28.9 Å². The van der Waals surface area contributed by atoms with Crippen molar-refractivity contribution in [1.29, 1.82) is 0 Å². The number of carbonyl (C=O) groups excluding carboxylic acids is 2. The third-order valence-corrected chi connectivity index (χ3v) is 5.60. The van der Waals surface area contributed by atoms with Crippen LogP contribution in [0.1, 0.15) is 48.2 Å². The number of carbonyl (C=O) groups is 2. The molecule has 0 bridgehead atoms. The molecular formula is C21H19Cl4NO5. The Bertz CT molecular complexity index is 1050. The summed E-state index contributed by atoms with van der Waals surface area (Å²) in [5.74, 6) is -1.64. The zero-order chi connectivity index (χ0) is 23.1. The van der Waals surface area contributed by atoms with Gasteiger partial charge in [-0.1, -0.05) is 60.3 Å². The predicted molar refractivity (Wildman–Crippen MR) is 120 cm³/mol. The van der Waals surface area contributed by atoms with E-state index in [4.69, 9.17) is 60.6 Å². The molecule has 1 heterocycles. The molecule has 0 spiro atoms. The van der Waals surface area contributed by atoms with Gasteiger partial charge in [0.1, 0.15) is 5.75 Å². The molecule has 166 valence electrons. The van der Waals surface area contributed by atoms with Crippen LogP contribution in [0.15, 0.2) is 30.3 Å². The predicted octanol–water partition coefficient (Wildman–Crippen LogP) is 6.56. The molecule has 1 N–H and O–H groups in total. The SMILES string of the molecule is CC(=O)c1cc(C(C)C)c(OC(=O)NC2(C(Cl)(Cl)Cl)Oc3ccc(Cl)cc3O2)cc1C. The van der Waals surface area contributed by atoms with Crippen LogP contribution in [0, 0.1) is 6.92 Å². The molecule has 6 nitrogen and oxygen atoms in total.